The maximum Gasteiger partial charge on any atom is 0.262 e. The zero-order valence-electron chi connectivity index (χ0n) is 20.5. The number of hydrogen-bond donors (Lipinski definition) is 1. The van der Waals surface area contributed by atoms with E-state index in [1.165, 1.54) is 26.7 Å². The van der Waals surface area contributed by atoms with Gasteiger partial charge in [0.2, 0.25) is 15.9 Å². The van der Waals surface area contributed by atoms with Crippen LogP contribution in [0.2, 0.25) is 0 Å². The van der Waals surface area contributed by atoms with Crippen LogP contribution in [0.4, 0.5) is 0 Å². The summed E-state index contributed by atoms with van der Waals surface area (Å²) in [5, 5.41) is 4.86. The lowest BCUT2D eigenvalue weighted by molar-refractivity contribution is -0.138. The van der Waals surface area contributed by atoms with E-state index < -0.39 is 28.1 Å². The largest absolute Gasteiger partial charge is 0.340 e. The first-order valence-corrected chi connectivity index (χ1v) is 15.4. The van der Waals surface area contributed by atoms with Crippen LogP contribution in [0.5, 0.6) is 0 Å². The first-order valence-electron chi connectivity index (χ1n) is 12.1. The molecule has 0 radical (unpaired) electrons. The molecule has 12 heteroatoms. The van der Waals surface area contributed by atoms with E-state index in [4.69, 9.17) is 0 Å². The van der Waals surface area contributed by atoms with Gasteiger partial charge in [-0.3, -0.25) is 19.4 Å². The van der Waals surface area contributed by atoms with Crippen LogP contribution in [0.15, 0.2) is 41.9 Å². The standard InChI is InChI=1S/C25H28N4O5S3/c1-15(2)11-17(27-24(31)22-12-21-20(36-22)7-10-35-21)25(32)28-9-6-18-23(28)19(30)13-29(18)37(33,34)14-16-5-3-4-8-26-16/h3-5,7-8,10,12,15,17-18,23H,6,9,11,13-14H2,1-2H3,(H,27,31). The third-order valence-corrected chi connectivity index (χ3v) is 10.6. The number of carbonyl (C=O) groups excluding carboxylic acids is 3. The summed E-state index contributed by atoms with van der Waals surface area (Å²) < 4.78 is 29.6. The number of likely N-dealkylation sites (tertiary alicyclic amines) is 1. The zero-order chi connectivity index (χ0) is 26.3. The van der Waals surface area contributed by atoms with Gasteiger partial charge in [0.15, 0.2) is 5.78 Å². The lowest BCUT2D eigenvalue weighted by atomic mass is 10.0. The van der Waals surface area contributed by atoms with E-state index >= 15 is 0 Å². The molecular weight excluding hydrogens is 532 g/mol. The van der Waals surface area contributed by atoms with Crippen molar-refractivity contribution in [2.45, 2.75) is 50.6 Å². The molecule has 5 rings (SSSR count). The highest BCUT2D eigenvalue weighted by atomic mass is 32.2. The quantitative estimate of drug-likeness (QED) is 0.453. The molecule has 0 saturated carbocycles. The number of amides is 2. The fourth-order valence-electron chi connectivity index (χ4n) is 5.14. The molecule has 3 unspecified atom stereocenters. The second kappa shape index (κ2) is 10.2. The van der Waals surface area contributed by atoms with E-state index in [1.54, 1.807) is 29.5 Å². The molecule has 2 fully saturated rings. The minimum Gasteiger partial charge on any atom is -0.340 e. The van der Waals surface area contributed by atoms with Crippen molar-refractivity contribution in [3.8, 4) is 0 Å². The molecule has 37 heavy (non-hydrogen) atoms. The number of rotatable bonds is 8. The van der Waals surface area contributed by atoms with Crippen LogP contribution in [-0.4, -0.2) is 71.4 Å². The van der Waals surface area contributed by atoms with Crippen LogP contribution in [0, 0.1) is 5.92 Å². The Morgan fingerprint density at radius 3 is 2.73 bits per heavy atom. The average molecular weight is 561 g/mol. The molecule has 1 N–H and O–H groups in total. The number of carbonyl (C=O) groups is 3. The molecule has 3 aromatic heterocycles. The highest BCUT2D eigenvalue weighted by molar-refractivity contribution is 7.88. The van der Waals surface area contributed by atoms with Crippen molar-refractivity contribution in [2.75, 3.05) is 13.1 Å². The van der Waals surface area contributed by atoms with Gasteiger partial charge in [-0.05, 0) is 48.4 Å². The molecular formula is C25H28N4O5S3. The smallest absolute Gasteiger partial charge is 0.262 e. The Labute approximate surface area is 223 Å². The Bertz CT molecular complexity index is 1400. The fourth-order valence-corrected chi connectivity index (χ4v) is 8.81. The van der Waals surface area contributed by atoms with Crippen molar-refractivity contribution in [1.29, 1.82) is 0 Å². The van der Waals surface area contributed by atoms with E-state index in [9.17, 15) is 22.8 Å². The number of pyridine rings is 1. The van der Waals surface area contributed by atoms with Gasteiger partial charge in [0.05, 0.1) is 23.2 Å². The van der Waals surface area contributed by atoms with Gasteiger partial charge in [0, 0.05) is 22.1 Å². The third kappa shape index (κ3) is 5.20. The molecule has 0 spiro atoms. The number of nitrogens with one attached hydrogen (secondary N) is 1. The maximum absolute atomic E-state index is 13.7. The molecule has 0 aromatic carbocycles. The number of thiophene rings is 2. The minimum atomic E-state index is -3.81. The topological polar surface area (TPSA) is 117 Å². The van der Waals surface area contributed by atoms with Gasteiger partial charge in [-0.15, -0.1) is 22.7 Å². The SMILES string of the molecule is CC(C)CC(NC(=O)c1cc2sccc2s1)C(=O)N1CCC2C1C(=O)CN2S(=O)(=O)Cc1ccccn1. The van der Waals surface area contributed by atoms with Crippen LogP contribution >= 0.6 is 22.7 Å². The molecule has 2 aliphatic heterocycles. The Morgan fingerprint density at radius 1 is 1.22 bits per heavy atom. The number of fused-ring (bicyclic) bond motifs is 2. The van der Waals surface area contributed by atoms with Crippen molar-refractivity contribution < 1.29 is 22.8 Å². The van der Waals surface area contributed by atoms with Crippen molar-refractivity contribution >= 4 is 59.7 Å². The highest BCUT2D eigenvalue weighted by Gasteiger charge is 2.54. The molecule has 2 aliphatic rings. The summed E-state index contributed by atoms with van der Waals surface area (Å²) in [4.78, 5) is 45.9. The normalized spacial score (nSPS) is 21.1. The lowest BCUT2D eigenvalue weighted by Gasteiger charge is -2.29. The Balaban J connectivity index is 1.33. The Morgan fingerprint density at radius 2 is 2.03 bits per heavy atom. The van der Waals surface area contributed by atoms with Crippen LogP contribution in [0.25, 0.3) is 9.40 Å². The first-order chi connectivity index (χ1) is 17.6. The van der Waals surface area contributed by atoms with Crippen LogP contribution in [0.1, 0.15) is 42.1 Å². The fraction of sp³-hybridized carbons (Fsp3) is 0.440. The zero-order valence-corrected chi connectivity index (χ0v) is 22.9. The second-order valence-corrected chi connectivity index (χ2v) is 13.8. The van der Waals surface area contributed by atoms with Gasteiger partial charge in [-0.2, -0.15) is 4.31 Å². The molecule has 3 aromatic rings. The molecule has 2 amide bonds. The molecule has 3 atom stereocenters. The predicted molar refractivity (Wildman–Crippen MR) is 143 cm³/mol. The maximum atomic E-state index is 13.7. The summed E-state index contributed by atoms with van der Waals surface area (Å²) >= 11 is 2.93. The third-order valence-electron chi connectivity index (χ3n) is 6.75. The van der Waals surface area contributed by atoms with Crippen molar-refractivity contribution in [1.82, 2.24) is 19.5 Å². The van der Waals surface area contributed by atoms with Gasteiger partial charge in [-0.1, -0.05) is 19.9 Å². The number of ketones is 1. The van der Waals surface area contributed by atoms with Crippen molar-refractivity contribution in [2.24, 2.45) is 5.92 Å². The van der Waals surface area contributed by atoms with Crippen LogP contribution in [-0.2, 0) is 25.4 Å². The van der Waals surface area contributed by atoms with E-state index in [2.05, 4.69) is 10.3 Å². The van der Waals surface area contributed by atoms with E-state index in [-0.39, 0.29) is 42.4 Å². The summed E-state index contributed by atoms with van der Waals surface area (Å²) in [5.41, 5.74) is 0.400. The van der Waals surface area contributed by atoms with E-state index in [0.29, 0.717) is 23.4 Å². The molecule has 196 valence electrons. The van der Waals surface area contributed by atoms with Gasteiger partial charge >= 0.3 is 0 Å². The van der Waals surface area contributed by atoms with Gasteiger partial charge in [-0.25, -0.2) is 8.42 Å². The van der Waals surface area contributed by atoms with Crippen molar-refractivity contribution in [3.05, 3.63) is 52.5 Å². The minimum absolute atomic E-state index is 0.119. The summed E-state index contributed by atoms with van der Waals surface area (Å²) in [6.45, 7) is 3.93. The van der Waals surface area contributed by atoms with Gasteiger partial charge in [0.25, 0.3) is 5.91 Å². The molecule has 0 bridgehead atoms. The monoisotopic (exact) mass is 560 g/mol. The lowest BCUT2D eigenvalue weighted by Crippen LogP contribution is -2.52. The molecule has 2 saturated heterocycles. The highest BCUT2D eigenvalue weighted by Crippen LogP contribution is 2.34. The Kier molecular flexibility index (Phi) is 7.18. The summed E-state index contributed by atoms with van der Waals surface area (Å²) in [6, 6.07) is 6.59. The predicted octanol–water partition coefficient (Wildman–Crippen LogP) is 2.89. The van der Waals surface area contributed by atoms with E-state index in [1.807, 2.05) is 31.4 Å². The van der Waals surface area contributed by atoms with Gasteiger partial charge in [0.1, 0.15) is 17.8 Å². The van der Waals surface area contributed by atoms with E-state index in [0.717, 1.165) is 9.40 Å². The number of nitrogens with zero attached hydrogens (tertiary/aromatic N) is 3. The van der Waals surface area contributed by atoms with Crippen LogP contribution < -0.4 is 5.32 Å². The number of hydrogen-bond acceptors (Lipinski definition) is 8. The first kappa shape index (κ1) is 26.0. The molecule has 0 aliphatic carbocycles. The number of sulfonamides is 1. The second-order valence-electron chi connectivity index (χ2n) is 9.84. The number of aromatic nitrogens is 1. The Hall–Kier alpha value is -2.67. The molecule has 5 heterocycles. The molecule has 9 nitrogen and oxygen atoms in total. The summed E-state index contributed by atoms with van der Waals surface area (Å²) in [7, 11) is -3.81. The summed E-state index contributed by atoms with van der Waals surface area (Å²) in [6.07, 6.45) is 2.31. The van der Waals surface area contributed by atoms with Gasteiger partial charge < -0.3 is 10.2 Å². The number of Topliss-reactive ketones (excluding diaryl/α,β-unsaturated/α-hetero) is 1. The van der Waals surface area contributed by atoms with Crippen LogP contribution in [0.3, 0.4) is 0 Å². The van der Waals surface area contributed by atoms with Crippen molar-refractivity contribution in [3.63, 3.8) is 0 Å². The summed E-state index contributed by atoms with van der Waals surface area (Å²) in [5.74, 6) is -1.14. The average Bonchev–Trinajstić information content (AvgIpc) is 3.60.